The van der Waals surface area contributed by atoms with Crippen molar-refractivity contribution in [3.05, 3.63) is 40.8 Å². The first-order valence-electron chi connectivity index (χ1n) is 7.00. The van der Waals surface area contributed by atoms with E-state index < -0.39 is 11.9 Å². The second kappa shape index (κ2) is 5.92. The molecule has 0 saturated carbocycles. The first-order chi connectivity index (χ1) is 10.9. The first kappa shape index (κ1) is 15.9. The average molecular weight is 348 g/mol. The van der Waals surface area contributed by atoms with Gasteiger partial charge in [-0.3, -0.25) is 4.79 Å². The van der Waals surface area contributed by atoms with Crippen molar-refractivity contribution in [2.45, 2.75) is 24.9 Å². The van der Waals surface area contributed by atoms with E-state index in [1.54, 1.807) is 4.90 Å². The molecule has 0 unspecified atom stereocenters. The number of carbonyl (C=O) groups is 1. The van der Waals surface area contributed by atoms with Gasteiger partial charge in [-0.1, -0.05) is 0 Å². The van der Waals surface area contributed by atoms with Crippen molar-refractivity contribution in [2.24, 2.45) is 0 Å². The number of nitrogens with zero attached hydrogens (tertiary/aromatic N) is 2. The summed E-state index contributed by atoms with van der Waals surface area (Å²) in [5.74, 6) is -0.321. The smallest absolute Gasteiger partial charge is 0.432 e. The number of halogens is 4. The Morgan fingerprint density at radius 1 is 1.48 bits per heavy atom. The van der Waals surface area contributed by atoms with Crippen molar-refractivity contribution in [3.8, 4) is 0 Å². The van der Waals surface area contributed by atoms with Gasteiger partial charge >= 0.3 is 6.18 Å². The molecule has 0 bridgehead atoms. The molecule has 1 fully saturated rings. The topological polar surface area (TPSA) is 62.1 Å². The van der Waals surface area contributed by atoms with Crippen molar-refractivity contribution in [2.75, 3.05) is 13.1 Å². The van der Waals surface area contributed by atoms with Gasteiger partial charge in [-0.25, -0.2) is 4.98 Å². The van der Waals surface area contributed by atoms with Crippen LogP contribution in [0, 0.1) is 0 Å². The number of piperidine rings is 1. The monoisotopic (exact) mass is 347 g/mol. The fourth-order valence-corrected chi connectivity index (χ4v) is 2.88. The van der Waals surface area contributed by atoms with Crippen LogP contribution in [0.4, 0.5) is 13.2 Å². The Bertz CT molecular complexity index is 710. The van der Waals surface area contributed by atoms with Gasteiger partial charge in [-0.2, -0.15) is 13.2 Å². The summed E-state index contributed by atoms with van der Waals surface area (Å²) in [5.41, 5.74) is -0.628. The fourth-order valence-electron chi connectivity index (χ4n) is 2.69. The van der Waals surface area contributed by atoms with Gasteiger partial charge in [0.2, 0.25) is 5.22 Å². The summed E-state index contributed by atoms with van der Waals surface area (Å²) in [4.78, 5) is 20.1. The van der Waals surface area contributed by atoms with Crippen molar-refractivity contribution in [3.63, 3.8) is 0 Å². The van der Waals surface area contributed by atoms with E-state index in [1.807, 2.05) is 0 Å². The molecule has 3 rings (SSSR count). The lowest BCUT2D eigenvalue weighted by Crippen LogP contribution is -2.39. The zero-order chi connectivity index (χ0) is 16.6. The van der Waals surface area contributed by atoms with Crippen LogP contribution in [0.3, 0.4) is 0 Å². The van der Waals surface area contributed by atoms with Crippen molar-refractivity contribution in [1.29, 1.82) is 0 Å². The van der Waals surface area contributed by atoms with Gasteiger partial charge in [0.15, 0.2) is 0 Å². The quantitative estimate of drug-likeness (QED) is 0.901. The number of H-pyrrole nitrogens is 1. The molecule has 1 aliphatic heterocycles. The van der Waals surface area contributed by atoms with Crippen LogP contribution in [0.1, 0.15) is 40.6 Å². The van der Waals surface area contributed by atoms with Crippen LogP contribution in [-0.2, 0) is 6.18 Å². The molecular formula is C14H13ClF3N3O2. The van der Waals surface area contributed by atoms with Crippen LogP contribution in [0.25, 0.3) is 0 Å². The fraction of sp³-hybridized carbons (Fsp3) is 0.429. The van der Waals surface area contributed by atoms with Gasteiger partial charge in [0.05, 0.1) is 18.0 Å². The lowest BCUT2D eigenvalue weighted by Gasteiger charge is -2.31. The van der Waals surface area contributed by atoms with Crippen LogP contribution in [0.2, 0.25) is 5.22 Å². The minimum Gasteiger partial charge on any atom is -0.452 e. The summed E-state index contributed by atoms with van der Waals surface area (Å²) in [6.07, 6.45) is -1.02. The molecule has 124 valence electrons. The maximum absolute atomic E-state index is 12.6. The van der Waals surface area contributed by atoms with Gasteiger partial charge in [0.25, 0.3) is 5.91 Å². The third-order valence-corrected chi connectivity index (χ3v) is 4.14. The Morgan fingerprint density at radius 2 is 2.26 bits per heavy atom. The molecule has 0 radical (unpaired) electrons. The maximum Gasteiger partial charge on any atom is 0.432 e. The molecule has 0 aliphatic carbocycles. The number of hydrogen-bond donors (Lipinski definition) is 1. The molecule has 3 heterocycles. The van der Waals surface area contributed by atoms with E-state index in [2.05, 4.69) is 9.97 Å². The largest absolute Gasteiger partial charge is 0.452 e. The second-order valence-corrected chi connectivity index (χ2v) is 5.72. The maximum atomic E-state index is 12.6. The minimum atomic E-state index is -4.46. The molecule has 5 nitrogen and oxygen atoms in total. The van der Waals surface area contributed by atoms with Crippen LogP contribution < -0.4 is 0 Å². The van der Waals surface area contributed by atoms with E-state index in [0.717, 1.165) is 6.20 Å². The number of rotatable bonds is 2. The van der Waals surface area contributed by atoms with E-state index in [9.17, 15) is 18.0 Å². The predicted molar refractivity (Wildman–Crippen MR) is 75.2 cm³/mol. The lowest BCUT2D eigenvalue weighted by atomic mass is 9.97. The van der Waals surface area contributed by atoms with E-state index in [-0.39, 0.29) is 35.0 Å². The van der Waals surface area contributed by atoms with Gasteiger partial charge in [-0.15, -0.1) is 0 Å². The lowest BCUT2D eigenvalue weighted by molar-refractivity contribution is -0.141. The van der Waals surface area contributed by atoms with Gasteiger partial charge in [-0.05, 0) is 30.5 Å². The number of furan rings is 1. The van der Waals surface area contributed by atoms with Gasteiger partial charge < -0.3 is 14.3 Å². The Morgan fingerprint density at radius 3 is 2.87 bits per heavy atom. The molecule has 23 heavy (non-hydrogen) atoms. The molecular weight excluding hydrogens is 335 g/mol. The molecule has 1 saturated heterocycles. The standard InChI is InChI=1S/C14H13ClF3N3O2/c15-11-9(3-5-23-11)13(22)21-4-1-2-8(7-21)12-19-6-10(20-12)14(16,17)18/h3,5-6,8H,1-2,4,7H2,(H,19,20)/t8-/m1/s1. The van der Waals surface area contributed by atoms with Crippen molar-refractivity contribution < 1.29 is 22.4 Å². The molecule has 1 amide bonds. The van der Waals surface area contributed by atoms with Crippen LogP contribution in [-0.4, -0.2) is 33.9 Å². The second-order valence-electron chi connectivity index (χ2n) is 5.38. The Hall–Kier alpha value is -1.96. The molecule has 1 N–H and O–H groups in total. The summed E-state index contributed by atoms with van der Waals surface area (Å²) < 4.78 is 42.8. The first-order valence-corrected chi connectivity index (χ1v) is 7.38. The summed E-state index contributed by atoms with van der Waals surface area (Å²) in [5, 5.41) is 0.00878. The van der Waals surface area contributed by atoms with Crippen LogP contribution in [0.15, 0.2) is 22.9 Å². The normalized spacial score (nSPS) is 19.1. The molecule has 2 aromatic rings. The van der Waals surface area contributed by atoms with E-state index in [1.165, 1.54) is 12.3 Å². The number of likely N-dealkylation sites (tertiary alicyclic amines) is 1. The molecule has 1 aliphatic rings. The zero-order valence-corrected chi connectivity index (χ0v) is 12.6. The molecule has 0 aromatic carbocycles. The minimum absolute atomic E-state index is 0.00878. The Kier molecular flexibility index (Phi) is 4.09. The number of carbonyl (C=O) groups excluding carboxylic acids is 1. The summed E-state index contributed by atoms with van der Waals surface area (Å²) in [6.45, 7) is 0.800. The number of amides is 1. The highest BCUT2D eigenvalue weighted by molar-refractivity contribution is 6.32. The predicted octanol–water partition coefficient (Wildman–Crippen LogP) is 3.69. The van der Waals surface area contributed by atoms with Crippen molar-refractivity contribution in [1.82, 2.24) is 14.9 Å². The number of nitrogens with one attached hydrogen (secondary N) is 1. The number of hydrogen-bond acceptors (Lipinski definition) is 3. The van der Waals surface area contributed by atoms with Crippen LogP contribution in [0.5, 0.6) is 0 Å². The van der Waals surface area contributed by atoms with E-state index in [4.69, 9.17) is 16.0 Å². The van der Waals surface area contributed by atoms with Crippen molar-refractivity contribution >= 4 is 17.5 Å². The zero-order valence-electron chi connectivity index (χ0n) is 11.9. The summed E-state index contributed by atoms with van der Waals surface area (Å²) in [7, 11) is 0. The van der Waals surface area contributed by atoms with E-state index >= 15 is 0 Å². The number of aromatic amines is 1. The summed E-state index contributed by atoms with van der Waals surface area (Å²) >= 11 is 5.80. The molecule has 2 aromatic heterocycles. The Labute approximate surface area is 134 Å². The highest BCUT2D eigenvalue weighted by atomic mass is 35.5. The molecule has 9 heteroatoms. The highest BCUT2D eigenvalue weighted by Crippen LogP contribution is 2.31. The van der Waals surface area contributed by atoms with E-state index in [0.29, 0.717) is 19.4 Å². The third-order valence-electron chi connectivity index (χ3n) is 3.84. The molecule has 1 atom stereocenters. The van der Waals surface area contributed by atoms with Gasteiger partial charge in [0, 0.05) is 19.0 Å². The highest BCUT2D eigenvalue weighted by Gasteiger charge is 2.35. The summed E-state index contributed by atoms with van der Waals surface area (Å²) in [6, 6.07) is 1.48. The number of imidazole rings is 1. The third kappa shape index (κ3) is 3.21. The SMILES string of the molecule is O=C(c1ccoc1Cl)N1CCC[C@@H](c2ncc(C(F)(F)F)[nH]2)C1. The molecule has 0 spiro atoms. The average Bonchev–Trinajstić information content (AvgIpc) is 3.15. The number of aromatic nitrogens is 2. The number of alkyl halides is 3. The van der Waals surface area contributed by atoms with Gasteiger partial charge in [0.1, 0.15) is 11.5 Å². The van der Waals surface area contributed by atoms with Crippen LogP contribution >= 0.6 is 11.6 Å². The Balaban J connectivity index is 1.75.